The van der Waals surface area contributed by atoms with Gasteiger partial charge in [-0.15, -0.1) is 0 Å². The lowest BCUT2D eigenvalue weighted by Crippen LogP contribution is -2.48. The van der Waals surface area contributed by atoms with E-state index in [0.29, 0.717) is 10.9 Å². The molecule has 1 aliphatic heterocycles. The zero-order valence-corrected chi connectivity index (χ0v) is 15.8. The van der Waals surface area contributed by atoms with Crippen LogP contribution < -0.4 is 5.32 Å². The highest BCUT2D eigenvalue weighted by Crippen LogP contribution is 2.14. The van der Waals surface area contributed by atoms with Crippen LogP contribution in [0.2, 0.25) is 0 Å². The van der Waals surface area contributed by atoms with Crippen molar-refractivity contribution in [3.8, 4) is 0 Å². The second-order valence-electron chi connectivity index (χ2n) is 6.62. The molecule has 1 N–H and O–H groups in total. The molecule has 3 rings (SSSR count). The summed E-state index contributed by atoms with van der Waals surface area (Å²) in [6.45, 7) is 3.18. The Morgan fingerprint density at radius 3 is 2.81 bits per heavy atom. The van der Waals surface area contributed by atoms with Gasteiger partial charge in [-0.2, -0.15) is 0 Å². The third kappa shape index (κ3) is 6.42. The normalized spacial score (nSPS) is 17.8. The van der Waals surface area contributed by atoms with E-state index < -0.39 is 0 Å². The van der Waals surface area contributed by atoms with Crippen molar-refractivity contribution in [3.05, 3.63) is 54.4 Å². The topological polar surface area (TPSA) is 58.1 Å². The Hall–Kier alpha value is -1.92. The van der Waals surface area contributed by atoms with Gasteiger partial charge in [-0.25, -0.2) is 9.97 Å². The summed E-state index contributed by atoms with van der Waals surface area (Å²) < 4.78 is 0. The molecular weight excluding hydrogens is 344 g/mol. The number of likely N-dealkylation sites (tertiary alicyclic amines) is 1. The summed E-state index contributed by atoms with van der Waals surface area (Å²) in [4.78, 5) is 22.9. The molecule has 0 unspecified atom stereocenters. The minimum atomic E-state index is 0.0681. The number of nitrogens with zero attached hydrogens (tertiary/aromatic N) is 3. The van der Waals surface area contributed by atoms with E-state index in [1.165, 1.54) is 17.3 Å². The van der Waals surface area contributed by atoms with Crippen LogP contribution in [-0.2, 0) is 11.2 Å². The first-order chi connectivity index (χ1) is 12.8. The number of amides is 1. The van der Waals surface area contributed by atoms with Gasteiger partial charge in [0.25, 0.3) is 0 Å². The number of hydrogen-bond donors (Lipinski definition) is 1. The van der Waals surface area contributed by atoms with Gasteiger partial charge in [-0.3, -0.25) is 4.79 Å². The van der Waals surface area contributed by atoms with Crippen molar-refractivity contribution in [2.75, 3.05) is 25.4 Å². The average Bonchev–Trinajstić information content (AvgIpc) is 2.68. The summed E-state index contributed by atoms with van der Waals surface area (Å²) in [7, 11) is 0. The Morgan fingerprint density at radius 2 is 2.00 bits per heavy atom. The average molecular weight is 371 g/mol. The Kier molecular flexibility index (Phi) is 7.46. The van der Waals surface area contributed by atoms with Crippen molar-refractivity contribution >= 4 is 17.7 Å². The lowest BCUT2D eigenvalue weighted by atomic mass is 10.0. The second-order valence-corrected chi connectivity index (χ2v) is 7.56. The summed E-state index contributed by atoms with van der Waals surface area (Å²) in [5.74, 6) is 0.438. The summed E-state index contributed by atoms with van der Waals surface area (Å²) in [6.07, 6.45) is 7.87. The van der Waals surface area contributed by atoms with Gasteiger partial charge in [-0.1, -0.05) is 42.1 Å². The zero-order chi connectivity index (χ0) is 18.0. The minimum absolute atomic E-state index is 0.0681. The van der Waals surface area contributed by atoms with Crippen molar-refractivity contribution in [1.82, 2.24) is 20.2 Å². The number of carbonyl (C=O) groups is 1. The summed E-state index contributed by atoms with van der Waals surface area (Å²) in [5, 5.41) is 3.82. The van der Waals surface area contributed by atoms with Gasteiger partial charge in [0.15, 0.2) is 5.16 Å². The number of thioether (sulfide) groups is 1. The van der Waals surface area contributed by atoms with Crippen LogP contribution in [0.4, 0.5) is 0 Å². The molecule has 1 aromatic carbocycles. The summed E-state index contributed by atoms with van der Waals surface area (Å²) in [6, 6.07) is 12.7. The Balaban J connectivity index is 1.35. The standard InChI is InChI=1S/C20H26N4OS/c25-19(16-26-20-21-11-6-12-22-20)23-18-10-5-14-24(15-18)13-4-9-17-7-2-1-3-8-17/h1-3,6-8,11-12,18H,4-5,9-10,13-16H2,(H,23,25)/t18-/m0/s1. The molecule has 1 atom stereocenters. The van der Waals surface area contributed by atoms with Crippen LogP contribution in [0.1, 0.15) is 24.8 Å². The highest BCUT2D eigenvalue weighted by atomic mass is 32.2. The smallest absolute Gasteiger partial charge is 0.230 e. The van der Waals surface area contributed by atoms with Gasteiger partial charge in [0.1, 0.15) is 0 Å². The largest absolute Gasteiger partial charge is 0.351 e. The molecule has 2 heterocycles. The number of piperidine rings is 1. The highest BCUT2D eigenvalue weighted by molar-refractivity contribution is 7.99. The first-order valence-corrected chi connectivity index (χ1v) is 10.2. The van der Waals surface area contributed by atoms with Gasteiger partial charge in [0, 0.05) is 25.0 Å². The molecule has 1 amide bonds. The lowest BCUT2D eigenvalue weighted by Gasteiger charge is -2.33. The number of aryl methyl sites for hydroxylation is 1. The number of benzene rings is 1. The quantitative estimate of drug-likeness (QED) is 0.572. The predicted molar refractivity (Wildman–Crippen MR) is 105 cm³/mol. The van der Waals surface area contributed by atoms with Crippen molar-refractivity contribution in [1.29, 1.82) is 0 Å². The van der Waals surface area contributed by atoms with E-state index in [9.17, 15) is 4.79 Å². The van der Waals surface area contributed by atoms with E-state index in [1.54, 1.807) is 18.5 Å². The maximum Gasteiger partial charge on any atom is 0.230 e. The number of nitrogens with one attached hydrogen (secondary N) is 1. The van der Waals surface area contributed by atoms with E-state index in [2.05, 4.69) is 50.5 Å². The first-order valence-electron chi connectivity index (χ1n) is 9.25. The van der Waals surface area contributed by atoms with Gasteiger partial charge in [0.2, 0.25) is 5.91 Å². The van der Waals surface area contributed by atoms with Crippen LogP contribution >= 0.6 is 11.8 Å². The number of rotatable bonds is 8. The molecule has 1 aliphatic rings. The van der Waals surface area contributed by atoms with Gasteiger partial charge < -0.3 is 10.2 Å². The Morgan fingerprint density at radius 1 is 1.19 bits per heavy atom. The Labute approximate surface area is 159 Å². The van der Waals surface area contributed by atoms with Crippen molar-refractivity contribution in [2.24, 2.45) is 0 Å². The fourth-order valence-corrected chi connectivity index (χ4v) is 3.90. The molecule has 0 spiro atoms. The molecule has 0 saturated carbocycles. The molecule has 6 heteroatoms. The molecule has 26 heavy (non-hydrogen) atoms. The maximum absolute atomic E-state index is 12.2. The molecule has 1 saturated heterocycles. The second kappa shape index (κ2) is 10.3. The van der Waals surface area contributed by atoms with E-state index in [1.807, 2.05) is 0 Å². The molecule has 1 fully saturated rings. The minimum Gasteiger partial charge on any atom is -0.351 e. The molecule has 0 bridgehead atoms. The van der Waals surface area contributed by atoms with Crippen molar-refractivity contribution < 1.29 is 4.79 Å². The van der Waals surface area contributed by atoms with Crippen molar-refractivity contribution in [3.63, 3.8) is 0 Å². The third-order valence-corrected chi connectivity index (χ3v) is 5.40. The molecule has 138 valence electrons. The number of aromatic nitrogens is 2. The van der Waals surface area contributed by atoms with E-state index in [-0.39, 0.29) is 11.9 Å². The van der Waals surface area contributed by atoms with Gasteiger partial charge in [-0.05, 0) is 50.4 Å². The van der Waals surface area contributed by atoms with Crippen LogP contribution in [0.5, 0.6) is 0 Å². The predicted octanol–water partition coefficient (Wildman–Crippen LogP) is 2.78. The zero-order valence-electron chi connectivity index (χ0n) is 15.0. The van der Waals surface area contributed by atoms with Crippen molar-refractivity contribution in [2.45, 2.75) is 36.9 Å². The fraction of sp³-hybridized carbons (Fsp3) is 0.450. The number of hydrogen-bond acceptors (Lipinski definition) is 5. The van der Waals surface area contributed by atoms with Gasteiger partial charge in [0.05, 0.1) is 5.75 Å². The summed E-state index contributed by atoms with van der Waals surface area (Å²) in [5.41, 5.74) is 1.40. The third-order valence-electron chi connectivity index (χ3n) is 4.53. The van der Waals surface area contributed by atoms with Crippen LogP contribution in [0, 0.1) is 0 Å². The SMILES string of the molecule is O=C(CSc1ncccn1)N[C@H]1CCCN(CCCc2ccccc2)C1. The number of carbonyl (C=O) groups excluding carboxylic acids is 1. The molecule has 0 radical (unpaired) electrons. The lowest BCUT2D eigenvalue weighted by molar-refractivity contribution is -0.119. The molecular formula is C20H26N4OS. The van der Waals surface area contributed by atoms with Gasteiger partial charge >= 0.3 is 0 Å². The fourth-order valence-electron chi connectivity index (χ4n) is 3.29. The summed E-state index contributed by atoms with van der Waals surface area (Å²) >= 11 is 1.38. The highest BCUT2D eigenvalue weighted by Gasteiger charge is 2.21. The van der Waals surface area contributed by atoms with E-state index in [0.717, 1.165) is 45.3 Å². The van der Waals surface area contributed by atoms with Crippen LogP contribution in [0.3, 0.4) is 0 Å². The first kappa shape index (κ1) is 18.9. The van der Waals surface area contributed by atoms with Crippen LogP contribution in [0.15, 0.2) is 53.9 Å². The molecule has 1 aromatic heterocycles. The monoisotopic (exact) mass is 370 g/mol. The van der Waals surface area contributed by atoms with E-state index in [4.69, 9.17) is 0 Å². The maximum atomic E-state index is 12.2. The molecule has 5 nitrogen and oxygen atoms in total. The Bertz CT molecular complexity index is 668. The van der Waals surface area contributed by atoms with Crippen LogP contribution in [0.25, 0.3) is 0 Å². The van der Waals surface area contributed by atoms with E-state index >= 15 is 0 Å². The van der Waals surface area contributed by atoms with Crippen LogP contribution in [-0.4, -0.2) is 52.2 Å². The molecule has 2 aromatic rings. The molecule has 0 aliphatic carbocycles.